The SMILES string of the molecule is CC(C)(Oc1cc(B2OC(C)(C)C(C)(C)O2)ccc1[N+](=O)[O-])C(O)CF. The van der Waals surface area contributed by atoms with E-state index in [4.69, 9.17) is 14.0 Å². The monoisotopic (exact) mass is 369 g/mol. The maximum absolute atomic E-state index is 12.8. The molecule has 9 heteroatoms. The summed E-state index contributed by atoms with van der Waals surface area (Å²) in [6.45, 7) is 9.49. The van der Waals surface area contributed by atoms with Crippen LogP contribution in [-0.4, -0.2) is 46.7 Å². The summed E-state index contributed by atoms with van der Waals surface area (Å²) in [7, 11) is -0.725. The molecule has 0 aromatic heterocycles. The molecule has 2 rings (SSSR count). The highest BCUT2D eigenvalue weighted by Crippen LogP contribution is 2.37. The number of nitrogens with zero attached hydrogens (tertiary/aromatic N) is 1. The van der Waals surface area contributed by atoms with Crippen molar-refractivity contribution >= 4 is 18.3 Å². The van der Waals surface area contributed by atoms with Crippen LogP contribution in [0.15, 0.2) is 18.2 Å². The van der Waals surface area contributed by atoms with Gasteiger partial charge in [0.1, 0.15) is 18.4 Å². The van der Waals surface area contributed by atoms with E-state index in [1.165, 1.54) is 32.0 Å². The number of hydrogen-bond donors (Lipinski definition) is 1. The molecule has 1 fully saturated rings. The Bertz CT molecular complexity index is 678. The molecule has 0 bridgehead atoms. The van der Waals surface area contributed by atoms with Crippen molar-refractivity contribution in [2.75, 3.05) is 6.67 Å². The molecule has 1 N–H and O–H groups in total. The van der Waals surface area contributed by atoms with Gasteiger partial charge in [-0.2, -0.15) is 0 Å². The molecule has 0 amide bonds. The van der Waals surface area contributed by atoms with Crippen LogP contribution >= 0.6 is 0 Å². The number of alkyl halides is 1. The van der Waals surface area contributed by atoms with Gasteiger partial charge in [-0.1, -0.05) is 6.07 Å². The number of rotatable bonds is 6. The van der Waals surface area contributed by atoms with Gasteiger partial charge in [-0.05, 0) is 53.1 Å². The number of ether oxygens (including phenoxy) is 1. The molecule has 1 atom stereocenters. The Hall–Kier alpha value is -1.71. The van der Waals surface area contributed by atoms with E-state index in [0.29, 0.717) is 5.46 Å². The molecule has 7 nitrogen and oxygen atoms in total. The molecule has 1 aromatic carbocycles. The van der Waals surface area contributed by atoms with Crippen molar-refractivity contribution < 1.29 is 28.5 Å². The van der Waals surface area contributed by atoms with Crippen molar-refractivity contribution in [1.82, 2.24) is 0 Å². The highest BCUT2D eigenvalue weighted by atomic mass is 19.1. The van der Waals surface area contributed by atoms with E-state index in [1.54, 1.807) is 0 Å². The Labute approximate surface area is 152 Å². The molecule has 0 aliphatic carbocycles. The number of aliphatic hydroxyl groups is 1. The minimum atomic E-state index is -1.43. The number of hydrogen-bond acceptors (Lipinski definition) is 6. The second-order valence-corrected chi connectivity index (χ2v) is 7.95. The molecule has 0 spiro atoms. The molecule has 1 saturated heterocycles. The van der Waals surface area contributed by atoms with E-state index in [-0.39, 0.29) is 11.4 Å². The standard InChI is InChI=1S/C17H25BFNO6/c1-15(2,14(21)10-19)24-13-9-11(7-8-12(13)20(22)23)18-25-16(3,4)17(5,6)26-18/h7-9,14,21H,10H2,1-6H3. The maximum atomic E-state index is 12.8. The Morgan fingerprint density at radius 1 is 1.31 bits per heavy atom. The predicted octanol–water partition coefficient (Wildman–Crippen LogP) is 2.38. The van der Waals surface area contributed by atoms with Crippen LogP contribution in [0.2, 0.25) is 0 Å². The van der Waals surface area contributed by atoms with Crippen molar-refractivity contribution in [1.29, 1.82) is 0 Å². The summed E-state index contributed by atoms with van der Waals surface area (Å²) in [4.78, 5) is 10.7. The Balaban J connectivity index is 2.39. The van der Waals surface area contributed by atoms with Crippen LogP contribution in [0.4, 0.5) is 10.1 Å². The molecule has 1 aliphatic rings. The molecular weight excluding hydrogens is 344 g/mol. The third kappa shape index (κ3) is 3.84. The average Bonchev–Trinajstić information content (AvgIpc) is 2.73. The van der Waals surface area contributed by atoms with Crippen molar-refractivity contribution in [2.24, 2.45) is 0 Å². The smallest absolute Gasteiger partial charge is 0.478 e. The topological polar surface area (TPSA) is 91.1 Å². The molecule has 1 aromatic rings. The lowest BCUT2D eigenvalue weighted by Crippen LogP contribution is -2.43. The first kappa shape index (κ1) is 20.6. The average molecular weight is 369 g/mol. The first-order valence-electron chi connectivity index (χ1n) is 8.38. The van der Waals surface area contributed by atoms with Gasteiger partial charge in [-0.3, -0.25) is 10.1 Å². The number of nitro benzene ring substituents is 1. The van der Waals surface area contributed by atoms with Crippen molar-refractivity contribution in [3.63, 3.8) is 0 Å². The van der Waals surface area contributed by atoms with Gasteiger partial charge in [0.2, 0.25) is 0 Å². The Morgan fingerprint density at radius 3 is 2.31 bits per heavy atom. The fourth-order valence-corrected chi connectivity index (χ4v) is 2.43. The zero-order valence-electron chi connectivity index (χ0n) is 15.9. The number of nitro groups is 1. The Kier molecular flexibility index (Phi) is 5.38. The first-order valence-corrected chi connectivity index (χ1v) is 8.38. The lowest BCUT2D eigenvalue weighted by molar-refractivity contribution is -0.386. The van der Waals surface area contributed by atoms with Gasteiger partial charge in [0.15, 0.2) is 5.75 Å². The van der Waals surface area contributed by atoms with Crippen LogP contribution in [0, 0.1) is 10.1 Å². The third-order valence-electron chi connectivity index (χ3n) is 5.03. The highest BCUT2D eigenvalue weighted by Gasteiger charge is 2.52. The number of halogens is 1. The summed E-state index contributed by atoms with van der Waals surface area (Å²) >= 11 is 0. The summed E-state index contributed by atoms with van der Waals surface area (Å²) in [6, 6.07) is 4.26. The van der Waals surface area contributed by atoms with Crippen LogP contribution in [0.1, 0.15) is 41.5 Å². The minimum Gasteiger partial charge on any atom is -0.478 e. The zero-order valence-corrected chi connectivity index (χ0v) is 15.9. The summed E-state index contributed by atoms with van der Waals surface area (Å²) in [5.74, 6) is -0.0836. The number of benzene rings is 1. The van der Waals surface area contributed by atoms with Gasteiger partial charge in [0.25, 0.3) is 0 Å². The summed E-state index contributed by atoms with van der Waals surface area (Å²) < 4.78 is 30.3. The van der Waals surface area contributed by atoms with Crippen molar-refractivity contribution in [3.8, 4) is 5.75 Å². The molecular formula is C17H25BFNO6. The summed E-state index contributed by atoms with van der Waals surface area (Å²) in [6.07, 6.45) is -1.43. The maximum Gasteiger partial charge on any atom is 0.494 e. The van der Waals surface area contributed by atoms with Gasteiger partial charge >= 0.3 is 12.8 Å². The summed E-state index contributed by atoms with van der Waals surface area (Å²) in [5, 5.41) is 21.1. The lowest BCUT2D eigenvalue weighted by Gasteiger charge is -2.32. The lowest BCUT2D eigenvalue weighted by atomic mass is 9.79. The largest absolute Gasteiger partial charge is 0.494 e. The van der Waals surface area contributed by atoms with E-state index in [9.17, 15) is 19.6 Å². The van der Waals surface area contributed by atoms with Crippen LogP contribution in [0.25, 0.3) is 0 Å². The Morgan fingerprint density at radius 2 is 1.85 bits per heavy atom. The predicted molar refractivity (Wildman–Crippen MR) is 95.5 cm³/mol. The van der Waals surface area contributed by atoms with E-state index < -0.39 is 41.6 Å². The fraction of sp³-hybridized carbons (Fsp3) is 0.647. The second-order valence-electron chi connectivity index (χ2n) is 7.95. The molecule has 1 heterocycles. The molecule has 1 unspecified atom stereocenters. The van der Waals surface area contributed by atoms with E-state index >= 15 is 0 Å². The van der Waals surface area contributed by atoms with Gasteiger partial charge in [0, 0.05) is 6.07 Å². The van der Waals surface area contributed by atoms with Crippen molar-refractivity contribution in [3.05, 3.63) is 28.3 Å². The third-order valence-corrected chi connectivity index (χ3v) is 5.03. The molecule has 1 aliphatic heterocycles. The molecule has 144 valence electrons. The van der Waals surface area contributed by atoms with Crippen LogP contribution in [0.5, 0.6) is 5.75 Å². The second kappa shape index (κ2) is 6.79. The molecule has 0 radical (unpaired) electrons. The summed E-state index contributed by atoms with van der Waals surface area (Å²) in [5.41, 5.74) is -2.23. The van der Waals surface area contributed by atoms with Gasteiger partial charge < -0.3 is 19.2 Å². The first-order chi connectivity index (χ1) is 11.8. The van der Waals surface area contributed by atoms with E-state index in [1.807, 2.05) is 27.7 Å². The van der Waals surface area contributed by atoms with E-state index in [2.05, 4.69) is 0 Å². The quantitative estimate of drug-likeness (QED) is 0.470. The van der Waals surface area contributed by atoms with Crippen molar-refractivity contribution in [2.45, 2.75) is 64.4 Å². The number of aliphatic hydroxyl groups excluding tert-OH is 1. The molecule has 26 heavy (non-hydrogen) atoms. The normalized spacial score (nSPS) is 20.1. The van der Waals surface area contributed by atoms with Gasteiger partial charge in [-0.15, -0.1) is 0 Å². The van der Waals surface area contributed by atoms with Crippen LogP contribution in [0.3, 0.4) is 0 Å². The van der Waals surface area contributed by atoms with Crippen LogP contribution in [-0.2, 0) is 9.31 Å². The van der Waals surface area contributed by atoms with Gasteiger partial charge in [-0.25, -0.2) is 4.39 Å². The minimum absolute atomic E-state index is 0.0836. The van der Waals surface area contributed by atoms with Gasteiger partial charge in [0.05, 0.1) is 16.1 Å². The van der Waals surface area contributed by atoms with Crippen LogP contribution < -0.4 is 10.2 Å². The van der Waals surface area contributed by atoms with E-state index in [0.717, 1.165) is 0 Å². The molecule has 0 saturated carbocycles. The highest BCUT2D eigenvalue weighted by molar-refractivity contribution is 6.62. The zero-order chi connectivity index (χ0) is 19.9. The fourth-order valence-electron chi connectivity index (χ4n) is 2.43.